The fourth-order valence-corrected chi connectivity index (χ4v) is 2.24. The van der Waals surface area contributed by atoms with E-state index in [9.17, 15) is 4.39 Å². The normalized spacial score (nSPS) is 25.7. The lowest BCUT2D eigenvalue weighted by atomic mass is 10.0. The van der Waals surface area contributed by atoms with Gasteiger partial charge in [-0.05, 0) is 50.3 Å². The second-order valence-electron chi connectivity index (χ2n) is 4.51. The van der Waals surface area contributed by atoms with Crippen LogP contribution in [0.4, 0.5) is 4.39 Å². The molecule has 0 aliphatic carbocycles. The third-order valence-corrected chi connectivity index (χ3v) is 3.16. The van der Waals surface area contributed by atoms with Crippen molar-refractivity contribution in [3.8, 4) is 0 Å². The molecular formula is C13H18FN. The van der Waals surface area contributed by atoms with Gasteiger partial charge in [0.2, 0.25) is 0 Å². The molecular weight excluding hydrogens is 189 g/mol. The lowest BCUT2D eigenvalue weighted by Crippen LogP contribution is -2.27. The molecule has 0 spiro atoms. The van der Waals surface area contributed by atoms with Gasteiger partial charge in [-0.15, -0.1) is 0 Å². The zero-order valence-electron chi connectivity index (χ0n) is 9.17. The van der Waals surface area contributed by atoms with Crippen LogP contribution < -0.4 is 5.32 Å². The molecule has 1 heterocycles. The van der Waals surface area contributed by atoms with Crippen LogP contribution in [0.15, 0.2) is 24.3 Å². The van der Waals surface area contributed by atoms with Crippen LogP contribution in [0.3, 0.4) is 0 Å². The first kappa shape index (κ1) is 10.6. The van der Waals surface area contributed by atoms with Crippen LogP contribution in [-0.2, 0) is 6.42 Å². The zero-order chi connectivity index (χ0) is 10.7. The summed E-state index contributed by atoms with van der Waals surface area (Å²) in [6.45, 7) is 2.23. The highest BCUT2D eigenvalue weighted by molar-refractivity contribution is 5.16. The van der Waals surface area contributed by atoms with E-state index in [1.807, 2.05) is 12.1 Å². The summed E-state index contributed by atoms with van der Waals surface area (Å²) in [5.41, 5.74) is 1.23. The van der Waals surface area contributed by atoms with Crippen LogP contribution in [0.5, 0.6) is 0 Å². The summed E-state index contributed by atoms with van der Waals surface area (Å²) in [5, 5.41) is 3.56. The Morgan fingerprint density at radius 3 is 2.60 bits per heavy atom. The fraction of sp³-hybridized carbons (Fsp3) is 0.538. The minimum absolute atomic E-state index is 0.147. The largest absolute Gasteiger partial charge is 0.311 e. The molecule has 0 unspecified atom stereocenters. The second kappa shape index (κ2) is 4.75. The van der Waals surface area contributed by atoms with Crippen LogP contribution in [0.1, 0.15) is 31.7 Å². The van der Waals surface area contributed by atoms with Gasteiger partial charge in [0.05, 0.1) is 0 Å². The SMILES string of the molecule is C[C@@H]1CC[C@H](CCc2ccc(F)cc2)N1. The van der Waals surface area contributed by atoms with Crippen molar-refractivity contribution < 1.29 is 4.39 Å². The first-order valence-electron chi connectivity index (χ1n) is 5.74. The molecule has 15 heavy (non-hydrogen) atoms. The second-order valence-corrected chi connectivity index (χ2v) is 4.51. The minimum atomic E-state index is -0.147. The molecule has 1 saturated heterocycles. The van der Waals surface area contributed by atoms with Crippen molar-refractivity contribution in [3.63, 3.8) is 0 Å². The standard InChI is InChI=1S/C13H18FN/c1-10-2-8-13(15-10)9-5-11-3-6-12(14)7-4-11/h3-4,6-7,10,13,15H,2,5,8-9H2,1H3/t10-,13-/m1/s1. The average molecular weight is 207 g/mol. The topological polar surface area (TPSA) is 12.0 Å². The van der Waals surface area contributed by atoms with Crippen molar-refractivity contribution in [2.75, 3.05) is 0 Å². The molecule has 1 N–H and O–H groups in total. The van der Waals surface area contributed by atoms with Gasteiger partial charge in [0, 0.05) is 12.1 Å². The molecule has 1 aliphatic rings. The summed E-state index contributed by atoms with van der Waals surface area (Å²) in [6, 6.07) is 8.18. The maximum atomic E-state index is 12.7. The number of halogens is 1. The Bertz CT molecular complexity index is 307. The predicted octanol–water partition coefficient (Wildman–Crippen LogP) is 2.90. The maximum absolute atomic E-state index is 12.7. The van der Waals surface area contributed by atoms with Crippen LogP contribution in [0, 0.1) is 5.82 Å². The Morgan fingerprint density at radius 1 is 1.27 bits per heavy atom. The summed E-state index contributed by atoms with van der Waals surface area (Å²) >= 11 is 0. The highest BCUT2D eigenvalue weighted by atomic mass is 19.1. The molecule has 0 bridgehead atoms. The van der Waals surface area contributed by atoms with Crippen molar-refractivity contribution in [3.05, 3.63) is 35.6 Å². The number of hydrogen-bond donors (Lipinski definition) is 1. The monoisotopic (exact) mass is 207 g/mol. The predicted molar refractivity (Wildman–Crippen MR) is 60.3 cm³/mol. The van der Waals surface area contributed by atoms with Gasteiger partial charge in [-0.25, -0.2) is 4.39 Å². The lowest BCUT2D eigenvalue weighted by molar-refractivity contribution is 0.527. The summed E-state index contributed by atoms with van der Waals surface area (Å²) < 4.78 is 12.7. The van der Waals surface area contributed by atoms with E-state index in [0.717, 1.165) is 12.8 Å². The first-order chi connectivity index (χ1) is 7.24. The van der Waals surface area contributed by atoms with E-state index in [0.29, 0.717) is 12.1 Å². The molecule has 0 amide bonds. The van der Waals surface area contributed by atoms with Crippen molar-refractivity contribution in [1.29, 1.82) is 0 Å². The average Bonchev–Trinajstić information content (AvgIpc) is 2.64. The maximum Gasteiger partial charge on any atom is 0.123 e. The van der Waals surface area contributed by atoms with Gasteiger partial charge in [0.15, 0.2) is 0 Å². The van der Waals surface area contributed by atoms with Crippen LogP contribution >= 0.6 is 0 Å². The summed E-state index contributed by atoms with van der Waals surface area (Å²) in [7, 11) is 0. The molecule has 0 saturated carbocycles. The van der Waals surface area contributed by atoms with E-state index < -0.39 is 0 Å². The van der Waals surface area contributed by atoms with E-state index in [2.05, 4.69) is 12.2 Å². The van der Waals surface area contributed by atoms with Gasteiger partial charge in [0.25, 0.3) is 0 Å². The van der Waals surface area contributed by atoms with E-state index in [1.165, 1.54) is 18.4 Å². The molecule has 0 aromatic heterocycles. The molecule has 82 valence electrons. The first-order valence-corrected chi connectivity index (χ1v) is 5.74. The van der Waals surface area contributed by atoms with Crippen LogP contribution in [-0.4, -0.2) is 12.1 Å². The molecule has 2 rings (SSSR count). The molecule has 1 aliphatic heterocycles. The number of aryl methyl sites for hydroxylation is 1. The molecule has 1 nitrogen and oxygen atoms in total. The lowest BCUT2D eigenvalue weighted by Gasteiger charge is -2.11. The highest BCUT2D eigenvalue weighted by Crippen LogP contribution is 2.16. The Morgan fingerprint density at radius 2 is 2.00 bits per heavy atom. The minimum Gasteiger partial charge on any atom is -0.311 e. The van der Waals surface area contributed by atoms with Gasteiger partial charge in [-0.3, -0.25) is 0 Å². The Kier molecular flexibility index (Phi) is 3.37. The molecule has 0 radical (unpaired) electrons. The van der Waals surface area contributed by atoms with Crippen molar-refractivity contribution in [2.24, 2.45) is 0 Å². The van der Waals surface area contributed by atoms with Crippen LogP contribution in [0.2, 0.25) is 0 Å². The number of benzene rings is 1. The third kappa shape index (κ3) is 3.03. The molecule has 1 aromatic carbocycles. The molecule has 1 fully saturated rings. The molecule has 1 aromatic rings. The van der Waals surface area contributed by atoms with E-state index in [-0.39, 0.29) is 5.82 Å². The van der Waals surface area contributed by atoms with Gasteiger partial charge in [-0.1, -0.05) is 12.1 Å². The van der Waals surface area contributed by atoms with Crippen molar-refractivity contribution in [2.45, 2.75) is 44.7 Å². The fourth-order valence-electron chi connectivity index (χ4n) is 2.24. The summed E-state index contributed by atoms with van der Waals surface area (Å²) in [4.78, 5) is 0. The molecule has 2 atom stereocenters. The Balaban J connectivity index is 1.80. The van der Waals surface area contributed by atoms with Crippen molar-refractivity contribution in [1.82, 2.24) is 5.32 Å². The van der Waals surface area contributed by atoms with E-state index in [4.69, 9.17) is 0 Å². The quantitative estimate of drug-likeness (QED) is 0.803. The summed E-state index contributed by atoms with van der Waals surface area (Å²) in [5.74, 6) is -0.147. The number of rotatable bonds is 3. The van der Waals surface area contributed by atoms with Crippen LogP contribution in [0.25, 0.3) is 0 Å². The zero-order valence-corrected chi connectivity index (χ0v) is 9.17. The molecule has 2 heteroatoms. The number of hydrogen-bond acceptors (Lipinski definition) is 1. The Hall–Kier alpha value is -0.890. The Labute approximate surface area is 90.7 Å². The van der Waals surface area contributed by atoms with Gasteiger partial charge in [-0.2, -0.15) is 0 Å². The number of nitrogens with one attached hydrogen (secondary N) is 1. The van der Waals surface area contributed by atoms with Gasteiger partial charge in [0.1, 0.15) is 5.82 Å². The third-order valence-electron chi connectivity index (χ3n) is 3.16. The van der Waals surface area contributed by atoms with E-state index >= 15 is 0 Å². The van der Waals surface area contributed by atoms with Crippen molar-refractivity contribution >= 4 is 0 Å². The highest BCUT2D eigenvalue weighted by Gasteiger charge is 2.19. The smallest absolute Gasteiger partial charge is 0.123 e. The van der Waals surface area contributed by atoms with Gasteiger partial charge < -0.3 is 5.32 Å². The summed E-state index contributed by atoms with van der Waals surface area (Å²) in [6.07, 6.45) is 4.77. The van der Waals surface area contributed by atoms with E-state index in [1.54, 1.807) is 12.1 Å². The van der Waals surface area contributed by atoms with Gasteiger partial charge >= 0.3 is 0 Å².